The second kappa shape index (κ2) is 5.37. The Balaban J connectivity index is 2.10. The van der Waals surface area contributed by atoms with Crippen LogP contribution in [-0.2, 0) is 0 Å². The number of hydrogen-bond donors (Lipinski definition) is 2. The van der Waals surface area contributed by atoms with E-state index in [-0.39, 0.29) is 5.95 Å². The number of rotatable bonds is 2. The van der Waals surface area contributed by atoms with E-state index in [1.807, 2.05) is 23.6 Å². The molecule has 0 spiro atoms. The molecule has 3 rings (SSSR count). The average Bonchev–Trinajstić information content (AvgIpc) is 2.87. The average molecular weight is 390 g/mol. The van der Waals surface area contributed by atoms with Gasteiger partial charge in [-0.1, -0.05) is 23.2 Å². The number of anilines is 3. The number of nitrogen functional groups attached to an aromatic ring is 1. The van der Waals surface area contributed by atoms with Gasteiger partial charge in [-0.15, -0.1) is 11.3 Å². The Bertz CT molecular complexity index is 805. The van der Waals surface area contributed by atoms with E-state index in [0.717, 1.165) is 14.7 Å². The van der Waals surface area contributed by atoms with Gasteiger partial charge in [0.1, 0.15) is 10.6 Å². The van der Waals surface area contributed by atoms with E-state index in [4.69, 9.17) is 28.9 Å². The Kier molecular flexibility index (Phi) is 3.72. The molecule has 3 N–H and O–H groups in total. The number of thiophene rings is 1. The van der Waals surface area contributed by atoms with E-state index in [0.29, 0.717) is 21.6 Å². The van der Waals surface area contributed by atoms with Gasteiger partial charge in [-0.25, -0.2) is 4.98 Å². The highest BCUT2D eigenvalue weighted by molar-refractivity contribution is 9.10. The van der Waals surface area contributed by atoms with E-state index >= 15 is 0 Å². The number of nitrogens with two attached hydrogens (primary N) is 1. The minimum absolute atomic E-state index is 0.210. The van der Waals surface area contributed by atoms with Crippen LogP contribution in [0, 0.1) is 0 Å². The van der Waals surface area contributed by atoms with Gasteiger partial charge in [-0.3, -0.25) is 0 Å². The maximum atomic E-state index is 6.22. The standard InChI is InChI=1S/C12H7BrCl2N4S/c13-6-1-2-7(9(15)8(6)14)17-10-5-3-4-20-11(5)19-12(16)18-10/h1-4H,(H3,16,17,18,19). The van der Waals surface area contributed by atoms with Gasteiger partial charge >= 0.3 is 0 Å². The Hall–Kier alpha value is -1.08. The molecule has 3 aromatic rings. The summed E-state index contributed by atoms with van der Waals surface area (Å²) in [5.74, 6) is 0.816. The van der Waals surface area contributed by atoms with E-state index in [1.165, 1.54) is 11.3 Å². The van der Waals surface area contributed by atoms with Crippen molar-refractivity contribution < 1.29 is 0 Å². The summed E-state index contributed by atoms with van der Waals surface area (Å²) < 4.78 is 0.734. The number of benzene rings is 1. The lowest BCUT2D eigenvalue weighted by Crippen LogP contribution is -2.00. The zero-order valence-electron chi connectivity index (χ0n) is 9.82. The molecule has 0 atom stereocenters. The smallest absolute Gasteiger partial charge is 0.223 e. The van der Waals surface area contributed by atoms with Crippen molar-refractivity contribution >= 4 is 78.1 Å². The highest BCUT2D eigenvalue weighted by atomic mass is 79.9. The van der Waals surface area contributed by atoms with Crippen LogP contribution in [0.5, 0.6) is 0 Å². The lowest BCUT2D eigenvalue weighted by molar-refractivity contribution is 1.24. The Labute approximate surface area is 137 Å². The summed E-state index contributed by atoms with van der Waals surface area (Å²) in [6, 6.07) is 5.55. The molecule has 2 aromatic heterocycles. The van der Waals surface area contributed by atoms with Gasteiger partial charge in [0, 0.05) is 4.47 Å². The summed E-state index contributed by atoms with van der Waals surface area (Å²) in [5, 5.41) is 6.83. The second-order valence-electron chi connectivity index (χ2n) is 3.92. The predicted octanol–water partition coefficient (Wildman–Crippen LogP) is 5.09. The Morgan fingerprint density at radius 3 is 2.75 bits per heavy atom. The summed E-state index contributed by atoms with van der Waals surface area (Å²) in [7, 11) is 0. The van der Waals surface area contributed by atoms with Gasteiger partial charge < -0.3 is 11.1 Å². The Morgan fingerprint density at radius 1 is 1.15 bits per heavy atom. The summed E-state index contributed by atoms with van der Waals surface area (Å²) in [4.78, 5) is 9.20. The zero-order chi connectivity index (χ0) is 14.3. The van der Waals surface area contributed by atoms with Crippen LogP contribution < -0.4 is 11.1 Å². The molecular weight excluding hydrogens is 383 g/mol. The topological polar surface area (TPSA) is 63.8 Å². The number of hydrogen-bond acceptors (Lipinski definition) is 5. The number of nitrogens with one attached hydrogen (secondary N) is 1. The number of aromatic nitrogens is 2. The maximum Gasteiger partial charge on any atom is 0.223 e. The molecular formula is C12H7BrCl2N4S. The first-order valence-electron chi connectivity index (χ1n) is 5.47. The monoisotopic (exact) mass is 388 g/mol. The highest BCUT2D eigenvalue weighted by Crippen LogP contribution is 2.38. The lowest BCUT2D eigenvalue weighted by Gasteiger charge is -2.10. The maximum absolute atomic E-state index is 6.22. The van der Waals surface area contributed by atoms with E-state index in [2.05, 4.69) is 31.2 Å². The van der Waals surface area contributed by atoms with Gasteiger partial charge in [-0.2, -0.15) is 4.98 Å². The van der Waals surface area contributed by atoms with Crippen molar-refractivity contribution in [2.24, 2.45) is 0 Å². The molecule has 8 heteroatoms. The quantitative estimate of drug-likeness (QED) is 0.599. The molecule has 2 heterocycles. The molecule has 4 nitrogen and oxygen atoms in total. The third-order valence-corrected chi connectivity index (χ3v) is 5.21. The molecule has 0 saturated heterocycles. The second-order valence-corrected chi connectivity index (χ2v) is 6.42. The van der Waals surface area contributed by atoms with Gasteiger partial charge in [-0.05, 0) is 39.5 Å². The van der Waals surface area contributed by atoms with Crippen molar-refractivity contribution in [1.29, 1.82) is 0 Å². The molecule has 0 unspecified atom stereocenters. The van der Waals surface area contributed by atoms with E-state index in [9.17, 15) is 0 Å². The van der Waals surface area contributed by atoms with Crippen LogP contribution >= 0.6 is 50.5 Å². The van der Waals surface area contributed by atoms with Crippen molar-refractivity contribution in [2.45, 2.75) is 0 Å². The molecule has 0 bridgehead atoms. The lowest BCUT2D eigenvalue weighted by atomic mass is 10.3. The molecule has 0 aliphatic heterocycles. The van der Waals surface area contributed by atoms with Crippen LogP contribution in [0.4, 0.5) is 17.5 Å². The van der Waals surface area contributed by atoms with Gasteiger partial charge in [0.25, 0.3) is 0 Å². The van der Waals surface area contributed by atoms with Crippen LogP contribution in [0.2, 0.25) is 10.0 Å². The van der Waals surface area contributed by atoms with Crippen molar-refractivity contribution in [1.82, 2.24) is 9.97 Å². The normalized spacial score (nSPS) is 10.9. The molecule has 0 fully saturated rings. The SMILES string of the molecule is Nc1nc(Nc2ccc(Br)c(Cl)c2Cl)c2ccsc2n1. The van der Waals surface area contributed by atoms with Crippen LogP contribution in [0.15, 0.2) is 28.1 Å². The van der Waals surface area contributed by atoms with E-state index < -0.39 is 0 Å². The van der Waals surface area contributed by atoms with Gasteiger partial charge in [0.05, 0.1) is 21.1 Å². The molecule has 1 aromatic carbocycles. The Morgan fingerprint density at radius 2 is 1.95 bits per heavy atom. The van der Waals surface area contributed by atoms with Crippen LogP contribution in [0.1, 0.15) is 0 Å². The number of fused-ring (bicyclic) bond motifs is 1. The fraction of sp³-hybridized carbons (Fsp3) is 0. The van der Waals surface area contributed by atoms with Crippen molar-refractivity contribution in [3.05, 3.63) is 38.1 Å². The first kappa shape index (κ1) is 13.9. The first-order valence-corrected chi connectivity index (χ1v) is 7.90. The fourth-order valence-electron chi connectivity index (χ4n) is 1.72. The minimum atomic E-state index is 0.210. The van der Waals surface area contributed by atoms with Crippen LogP contribution in [0.25, 0.3) is 10.2 Å². The molecule has 0 aliphatic carbocycles. The summed E-state index contributed by atoms with van der Waals surface area (Å²) in [6.45, 7) is 0. The highest BCUT2D eigenvalue weighted by Gasteiger charge is 2.12. The minimum Gasteiger partial charge on any atom is -0.368 e. The fourth-order valence-corrected chi connectivity index (χ4v) is 3.31. The molecule has 0 radical (unpaired) electrons. The third kappa shape index (κ3) is 2.44. The number of nitrogens with zero attached hydrogens (tertiary/aromatic N) is 2. The van der Waals surface area contributed by atoms with Crippen molar-refractivity contribution in [3.8, 4) is 0 Å². The largest absolute Gasteiger partial charge is 0.368 e. The molecule has 0 amide bonds. The van der Waals surface area contributed by atoms with Crippen LogP contribution in [0.3, 0.4) is 0 Å². The zero-order valence-corrected chi connectivity index (χ0v) is 13.7. The molecule has 20 heavy (non-hydrogen) atoms. The summed E-state index contributed by atoms with van der Waals surface area (Å²) in [5.41, 5.74) is 6.37. The van der Waals surface area contributed by atoms with Crippen molar-refractivity contribution in [3.63, 3.8) is 0 Å². The summed E-state index contributed by atoms with van der Waals surface area (Å²) in [6.07, 6.45) is 0. The molecule has 102 valence electrons. The number of halogens is 3. The van der Waals surface area contributed by atoms with Gasteiger partial charge in [0.2, 0.25) is 5.95 Å². The van der Waals surface area contributed by atoms with Crippen molar-refractivity contribution in [2.75, 3.05) is 11.1 Å². The van der Waals surface area contributed by atoms with E-state index in [1.54, 1.807) is 0 Å². The third-order valence-electron chi connectivity index (χ3n) is 2.63. The van der Waals surface area contributed by atoms with Gasteiger partial charge in [0.15, 0.2) is 0 Å². The molecule has 0 saturated carbocycles. The first-order chi connectivity index (χ1) is 9.56. The summed E-state index contributed by atoms with van der Waals surface area (Å²) >= 11 is 17.1. The molecule has 0 aliphatic rings. The van der Waals surface area contributed by atoms with Crippen LogP contribution in [-0.4, -0.2) is 9.97 Å². The predicted molar refractivity (Wildman–Crippen MR) is 89.3 cm³/mol.